The minimum atomic E-state index is 0.794. The van der Waals surface area contributed by atoms with Crippen LogP contribution in [0, 0.1) is 6.92 Å². The van der Waals surface area contributed by atoms with Crippen LogP contribution in [-0.2, 0) is 11.8 Å². The predicted molar refractivity (Wildman–Crippen MR) is 124 cm³/mol. The van der Waals surface area contributed by atoms with Gasteiger partial charge in [-0.15, -0.1) is 11.3 Å². The molecule has 1 aliphatic heterocycles. The van der Waals surface area contributed by atoms with Gasteiger partial charge in [0.25, 0.3) is 0 Å². The van der Waals surface area contributed by atoms with Gasteiger partial charge in [0.2, 0.25) is 0 Å². The SMILES string of the molecule is Cc1csc(C(=Cc2ccc(N3CCOCC3)cc2)c2nc3ccccc3n2C)n1. The normalized spacial score (nSPS) is 15.1. The third-order valence-corrected chi connectivity index (χ3v) is 6.45. The van der Waals surface area contributed by atoms with Crippen molar-refractivity contribution in [1.29, 1.82) is 0 Å². The topological polar surface area (TPSA) is 43.2 Å². The zero-order valence-electron chi connectivity index (χ0n) is 17.2. The molecule has 2 aromatic heterocycles. The Labute approximate surface area is 180 Å². The molecule has 0 bridgehead atoms. The number of morpholine rings is 1. The minimum absolute atomic E-state index is 0.794. The zero-order valence-corrected chi connectivity index (χ0v) is 18.0. The number of ether oxygens (including phenoxy) is 1. The molecule has 30 heavy (non-hydrogen) atoms. The molecule has 152 valence electrons. The van der Waals surface area contributed by atoms with Gasteiger partial charge in [-0.25, -0.2) is 9.97 Å². The molecule has 4 aromatic rings. The third-order valence-electron chi connectivity index (χ3n) is 5.46. The number of nitrogens with zero attached hydrogens (tertiary/aromatic N) is 4. The van der Waals surface area contributed by atoms with Gasteiger partial charge in [0.1, 0.15) is 10.8 Å². The molecule has 6 heteroatoms. The first-order chi connectivity index (χ1) is 14.7. The molecule has 2 aromatic carbocycles. The highest BCUT2D eigenvalue weighted by Gasteiger charge is 2.17. The lowest BCUT2D eigenvalue weighted by atomic mass is 10.1. The Bertz CT molecular complexity index is 1200. The van der Waals surface area contributed by atoms with Crippen LogP contribution in [0.3, 0.4) is 0 Å². The zero-order chi connectivity index (χ0) is 20.5. The average molecular weight is 417 g/mol. The number of aryl methyl sites for hydroxylation is 2. The summed E-state index contributed by atoms with van der Waals surface area (Å²) in [6.07, 6.45) is 2.20. The van der Waals surface area contributed by atoms with Gasteiger partial charge >= 0.3 is 0 Å². The van der Waals surface area contributed by atoms with E-state index >= 15 is 0 Å². The highest BCUT2D eigenvalue weighted by Crippen LogP contribution is 2.30. The Kier molecular flexibility index (Phi) is 5.11. The van der Waals surface area contributed by atoms with E-state index in [0.717, 1.165) is 65.0 Å². The first-order valence-corrected chi connectivity index (χ1v) is 11.1. The molecule has 0 radical (unpaired) electrons. The lowest BCUT2D eigenvalue weighted by Gasteiger charge is -2.28. The molecule has 0 unspecified atom stereocenters. The van der Waals surface area contributed by atoms with Crippen LogP contribution in [0.5, 0.6) is 0 Å². The van der Waals surface area contributed by atoms with E-state index in [-0.39, 0.29) is 0 Å². The van der Waals surface area contributed by atoms with E-state index in [1.807, 2.05) is 13.0 Å². The summed E-state index contributed by atoms with van der Waals surface area (Å²) in [5, 5.41) is 3.08. The van der Waals surface area contributed by atoms with Gasteiger partial charge in [-0.1, -0.05) is 24.3 Å². The van der Waals surface area contributed by atoms with Gasteiger partial charge in [0.05, 0.1) is 29.8 Å². The molecule has 5 nitrogen and oxygen atoms in total. The number of fused-ring (bicyclic) bond motifs is 1. The summed E-state index contributed by atoms with van der Waals surface area (Å²) in [6, 6.07) is 17.0. The van der Waals surface area contributed by atoms with Crippen molar-refractivity contribution in [2.45, 2.75) is 6.92 Å². The summed E-state index contributed by atoms with van der Waals surface area (Å²) in [5.74, 6) is 0.933. The molecule has 0 N–H and O–H groups in total. The highest BCUT2D eigenvalue weighted by atomic mass is 32.1. The first-order valence-electron chi connectivity index (χ1n) is 10.2. The number of imidazole rings is 1. The maximum atomic E-state index is 5.47. The Hall–Kier alpha value is -2.96. The molecule has 0 aliphatic carbocycles. The molecule has 1 fully saturated rings. The highest BCUT2D eigenvalue weighted by molar-refractivity contribution is 7.11. The van der Waals surface area contributed by atoms with Crippen molar-refractivity contribution >= 4 is 39.7 Å². The van der Waals surface area contributed by atoms with Crippen LogP contribution in [-0.4, -0.2) is 40.8 Å². The molecule has 3 heterocycles. The average Bonchev–Trinajstić information content (AvgIpc) is 3.37. The fourth-order valence-electron chi connectivity index (χ4n) is 3.86. The summed E-state index contributed by atoms with van der Waals surface area (Å²) >= 11 is 1.66. The van der Waals surface area contributed by atoms with E-state index in [2.05, 4.69) is 70.4 Å². The van der Waals surface area contributed by atoms with Gasteiger partial charge in [-0.2, -0.15) is 0 Å². The Morgan fingerprint density at radius 2 is 1.80 bits per heavy atom. The number of aromatic nitrogens is 3. The monoisotopic (exact) mass is 416 g/mol. The second-order valence-corrected chi connectivity index (χ2v) is 8.38. The number of rotatable bonds is 4. The van der Waals surface area contributed by atoms with Crippen LogP contribution in [0.4, 0.5) is 5.69 Å². The minimum Gasteiger partial charge on any atom is -0.378 e. The fourth-order valence-corrected chi connectivity index (χ4v) is 4.66. The molecule has 0 atom stereocenters. The van der Waals surface area contributed by atoms with Crippen molar-refractivity contribution < 1.29 is 4.74 Å². The Balaban J connectivity index is 1.56. The maximum absolute atomic E-state index is 5.47. The van der Waals surface area contributed by atoms with Crippen molar-refractivity contribution in [1.82, 2.24) is 14.5 Å². The first kappa shape index (κ1) is 19.0. The second kappa shape index (κ2) is 8.05. The second-order valence-electron chi connectivity index (χ2n) is 7.53. The molecule has 0 amide bonds. The number of anilines is 1. The molecule has 5 rings (SSSR count). The van der Waals surface area contributed by atoms with Gasteiger partial charge in [0, 0.05) is 36.9 Å². The molecular formula is C24H24N4OS. The van der Waals surface area contributed by atoms with Crippen LogP contribution in [0.2, 0.25) is 0 Å². The van der Waals surface area contributed by atoms with E-state index in [9.17, 15) is 0 Å². The van der Waals surface area contributed by atoms with E-state index in [4.69, 9.17) is 14.7 Å². The van der Waals surface area contributed by atoms with Gasteiger partial charge in [-0.3, -0.25) is 0 Å². The summed E-state index contributed by atoms with van der Waals surface area (Å²) in [5.41, 5.74) is 6.58. The molecule has 1 saturated heterocycles. The van der Waals surface area contributed by atoms with Crippen LogP contribution in [0.25, 0.3) is 22.7 Å². The van der Waals surface area contributed by atoms with Crippen LogP contribution in [0.15, 0.2) is 53.9 Å². The summed E-state index contributed by atoms with van der Waals surface area (Å²) < 4.78 is 7.62. The number of para-hydroxylation sites is 2. The van der Waals surface area contributed by atoms with Crippen molar-refractivity contribution in [3.8, 4) is 0 Å². The lowest BCUT2D eigenvalue weighted by molar-refractivity contribution is 0.122. The Morgan fingerprint density at radius 1 is 1.03 bits per heavy atom. The third kappa shape index (κ3) is 3.64. The van der Waals surface area contributed by atoms with Crippen LogP contribution in [0.1, 0.15) is 22.1 Å². The molecular weight excluding hydrogens is 392 g/mol. The standard InChI is InChI=1S/C24H24N4OS/c1-17-16-30-24(25-17)20(23-26-21-5-3-4-6-22(21)27(23)2)15-18-7-9-19(10-8-18)28-11-13-29-14-12-28/h3-10,15-16H,11-14H2,1-2H3. The predicted octanol–water partition coefficient (Wildman–Crippen LogP) is 4.76. The van der Waals surface area contributed by atoms with Crippen LogP contribution >= 0.6 is 11.3 Å². The Morgan fingerprint density at radius 3 is 2.50 bits per heavy atom. The molecule has 0 saturated carbocycles. The quantitative estimate of drug-likeness (QED) is 0.481. The van der Waals surface area contributed by atoms with Crippen molar-refractivity contribution in [3.05, 3.63) is 76.0 Å². The number of benzene rings is 2. The van der Waals surface area contributed by atoms with Gasteiger partial charge in [-0.05, 0) is 42.8 Å². The van der Waals surface area contributed by atoms with E-state index in [1.165, 1.54) is 5.69 Å². The van der Waals surface area contributed by atoms with Gasteiger partial charge < -0.3 is 14.2 Å². The molecule has 1 aliphatic rings. The number of thiazole rings is 1. The van der Waals surface area contributed by atoms with E-state index in [1.54, 1.807) is 11.3 Å². The summed E-state index contributed by atoms with van der Waals surface area (Å²) in [6.45, 7) is 5.50. The lowest BCUT2D eigenvalue weighted by Crippen LogP contribution is -2.36. The fraction of sp³-hybridized carbons (Fsp3) is 0.250. The smallest absolute Gasteiger partial charge is 0.143 e. The number of hydrogen-bond acceptors (Lipinski definition) is 5. The van der Waals surface area contributed by atoms with Gasteiger partial charge in [0.15, 0.2) is 0 Å². The number of hydrogen-bond donors (Lipinski definition) is 0. The van der Waals surface area contributed by atoms with Crippen molar-refractivity contribution in [3.63, 3.8) is 0 Å². The summed E-state index contributed by atoms with van der Waals surface area (Å²) in [7, 11) is 2.07. The maximum Gasteiger partial charge on any atom is 0.143 e. The van der Waals surface area contributed by atoms with E-state index < -0.39 is 0 Å². The largest absolute Gasteiger partial charge is 0.378 e. The van der Waals surface area contributed by atoms with Crippen molar-refractivity contribution in [2.24, 2.45) is 7.05 Å². The van der Waals surface area contributed by atoms with E-state index in [0.29, 0.717) is 0 Å². The van der Waals surface area contributed by atoms with Crippen molar-refractivity contribution in [2.75, 3.05) is 31.2 Å². The summed E-state index contributed by atoms with van der Waals surface area (Å²) in [4.78, 5) is 12.1. The molecule has 0 spiro atoms. The van der Waals surface area contributed by atoms with Crippen LogP contribution < -0.4 is 4.90 Å².